The van der Waals surface area contributed by atoms with E-state index in [0.29, 0.717) is 24.9 Å². The molecule has 0 amide bonds. The number of methoxy groups -OCH3 is 1. The molecular weight excluding hydrogens is 502 g/mol. The van der Waals surface area contributed by atoms with Gasteiger partial charge in [0, 0.05) is 30.8 Å². The number of carbonyl (C=O) groups is 1. The maximum absolute atomic E-state index is 12.5. The zero-order valence-electron chi connectivity index (χ0n) is 24.5. The lowest BCUT2D eigenvalue weighted by Gasteiger charge is -2.28. The van der Waals surface area contributed by atoms with Crippen LogP contribution in [-0.4, -0.2) is 46.3 Å². The second-order valence-corrected chi connectivity index (χ2v) is 11.3. The summed E-state index contributed by atoms with van der Waals surface area (Å²) < 4.78 is 16.7. The fourth-order valence-electron chi connectivity index (χ4n) is 4.60. The van der Waals surface area contributed by atoms with E-state index in [4.69, 9.17) is 19.0 Å². The van der Waals surface area contributed by atoms with E-state index in [1.807, 2.05) is 63.2 Å². The minimum absolute atomic E-state index is 0.164. The van der Waals surface area contributed by atoms with E-state index < -0.39 is 5.60 Å². The van der Waals surface area contributed by atoms with Gasteiger partial charge in [-0.2, -0.15) is 4.98 Å². The molecule has 0 aliphatic carbocycles. The molecule has 0 atom stereocenters. The van der Waals surface area contributed by atoms with Gasteiger partial charge < -0.3 is 14.0 Å². The van der Waals surface area contributed by atoms with Crippen LogP contribution in [-0.2, 0) is 27.4 Å². The van der Waals surface area contributed by atoms with E-state index in [1.54, 1.807) is 7.11 Å². The molecule has 0 fully saturated rings. The molecule has 0 N–H and O–H groups in total. The predicted molar refractivity (Wildman–Crippen MR) is 157 cm³/mol. The van der Waals surface area contributed by atoms with Crippen LogP contribution in [0.15, 0.2) is 71.3 Å². The summed E-state index contributed by atoms with van der Waals surface area (Å²) in [7, 11) is 1.69. The quantitative estimate of drug-likeness (QED) is 0.199. The molecule has 0 saturated carbocycles. The van der Waals surface area contributed by atoms with E-state index in [0.717, 1.165) is 27.8 Å². The van der Waals surface area contributed by atoms with Crippen molar-refractivity contribution in [1.29, 1.82) is 0 Å². The summed E-state index contributed by atoms with van der Waals surface area (Å²) in [6.45, 7) is 13.2. The van der Waals surface area contributed by atoms with Crippen LogP contribution in [0.1, 0.15) is 51.3 Å². The lowest BCUT2D eigenvalue weighted by Crippen LogP contribution is -2.38. The van der Waals surface area contributed by atoms with Crippen molar-refractivity contribution in [3.63, 3.8) is 0 Å². The van der Waals surface area contributed by atoms with Gasteiger partial charge in [0.1, 0.15) is 5.60 Å². The molecule has 0 radical (unpaired) electrons. The summed E-state index contributed by atoms with van der Waals surface area (Å²) in [4.78, 5) is 19.3. The Morgan fingerprint density at radius 3 is 2.45 bits per heavy atom. The molecule has 1 heterocycles. The highest BCUT2D eigenvalue weighted by atomic mass is 16.6. The van der Waals surface area contributed by atoms with Crippen LogP contribution < -0.4 is 0 Å². The Bertz CT molecular complexity index is 1450. The zero-order valence-corrected chi connectivity index (χ0v) is 24.5. The summed E-state index contributed by atoms with van der Waals surface area (Å²) in [6, 6.07) is 22.6. The number of nitrogens with zero attached hydrogens (tertiary/aromatic N) is 3. The maximum atomic E-state index is 12.5. The molecule has 0 bridgehead atoms. The van der Waals surface area contributed by atoms with E-state index in [9.17, 15) is 4.79 Å². The van der Waals surface area contributed by atoms with E-state index >= 15 is 0 Å². The van der Waals surface area contributed by atoms with Crippen LogP contribution >= 0.6 is 0 Å². The summed E-state index contributed by atoms with van der Waals surface area (Å²) in [6.07, 6.45) is 0. The lowest BCUT2D eigenvalue weighted by molar-refractivity contribution is -0.156. The molecular formula is C33H39N3O4. The standard InChI is InChI=1S/C33H39N3O4/c1-22(2)36(20-30(37)39-33(4,5)6)19-24-12-10-13-25(17-24)31-34-32(40-35-31)26-15-16-29(27(18-26)21-38-7)28-14-9-8-11-23(28)3/h8-18,22H,19-21H2,1-7H3. The van der Waals surface area contributed by atoms with Crippen molar-refractivity contribution in [3.05, 3.63) is 83.4 Å². The van der Waals surface area contributed by atoms with Crippen molar-refractivity contribution in [3.8, 4) is 34.0 Å². The third-order valence-electron chi connectivity index (χ3n) is 6.57. The Labute approximate surface area is 237 Å². The van der Waals surface area contributed by atoms with E-state index in [1.165, 1.54) is 11.1 Å². The first-order chi connectivity index (χ1) is 19.0. The van der Waals surface area contributed by atoms with Crippen LogP contribution in [0.2, 0.25) is 0 Å². The fraction of sp³-hybridized carbons (Fsp3) is 0.364. The van der Waals surface area contributed by atoms with Crippen molar-refractivity contribution in [2.75, 3.05) is 13.7 Å². The average molecular weight is 542 g/mol. The third-order valence-corrected chi connectivity index (χ3v) is 6.57. The Hall–Kier alpha value is -3.81. The Kier molecular flexibility index (Phi) is 9.17. The van der Waals surface area contributed by atoms with Crippen molar-refractivity contribution in [2.24, 2.45) is 0 Å². The number of carbonyl (C=O) groups excluding carboxylic acids is 1. The van der Waals surface area contributed by atoms with Crippen LogP contribution in [0.3, 0.4) is 0 Å². The van der Waals surface area contributed by atoms with Gasteiger partial charge in [0.2, 0.25) is 5.82 Å². The van der Waals surface area contributed by atoms with Gasteiger partial charge in [-0.1, -0.05) is 53.7 Å². The SMILES string of the molecule is COCc1cc(-c2nc(-c3cccc(CN(CC(=O)OC(C)(C)C)C(C)C)c3)no2)ccc1-c1ccccc1C. The molecule has 0 aliphatic rings. The molecule has 7 nitrogen and oxygen atoms in total. The molecule has 0 unspecified atom stereocenters. The van der Waals surface area contributed by atoms with Gasteiger partial charge in [-0.05, 0) is 87.6 Å². The first-order valence-electron chi connectivity index (χ1n) is 13.6. The summed E-state index contributed by atoms with van der Waals surface area (Å²) in [5.74, 6) is 0.723. The number of benzene rings is 3. The number of ether oxygens (including phenoxy) is 2. The topological polar surface area (TPSA) is 77.7 Å². The molecule has 7 heteroatoms. The molecule has 3 aromatic carbocycles. The second kappa shape index (κ2) is 12.6. The number of hydrogen-bond donors (Lipinski definition) is 0. The predicted octanol–water partition coefficient (Wildman–Crippen LogP) is 7.08. The Morgan fingerprint density at radius 2 is 1.75 bits per heavy atom. The average Bonchev–Trinajstić information content (AvgIpc) is 3.39. The molecule has 4 aromatic rings. The largest absolute Gasteiger partial charge is 0.459 e. The minimum atomic E-state index is -0.513. The van der Waals surface area contributed by atoms with Gasteiger partial charge in [-0.15, -0.1) is 0 Å². The second-order valence-electron chi connectivity index (χ2n) is 11.3. The highest BCUT2D eigenvalue weighted by Crippen LogP contribution is 2.32. The molecule has 40 heavy (non-hydrogen) atoms. The fourth-order valence-corrected chi connectivity index (χ4v) is 4.60. The normalized spacial score (nSPS) is 11.8. The Morgan fingerprint density at radius 1 is 0.975 bits per heavy atom. The van der Waals surface area contributed by atoms with E-state index in [2.05, 4.69) is 55.1 Å². The maximum Gasteiger partial charge on any atom is 0.320 e. The summed E-state index contributed by atoms with van der Waals surface area (Å²) >= 11 is 0. The smallest absolute Gasteiger partial charge is 0.320 e. The van der Waals surface area contributed by atoms with Crippen LogP contribution in [0.25, 0.3) is 34.0 Å². The summed E-state index contributed by atoms with van der Waals surface area (Å²) in [5, 5.41) is 4.27. The van der Waals surface area contributed by atoms with Crippen molar-refractivity contribution >= 4 is 5.97 Å². The van der Waals surface area contributed by atoms with Crippen molar-refractivity contribution in [2.45, 2.75) is 66.3 Å². The van der Waals surface area contributed by atoms with E-state index in [-0.39, 0.29) is 18.6 Å². The molecule has 0 spiro atoms. The van der Waals surface area contributed by atoms with Crippen LogP contribution in [0, 0.1) is 6.92 Å². The number of hydrogen-bond acceptors (Lipinski definition) is 7. The lowest BCUT2D eigenvalue weighted by atomic mass is 9.94. The number of esters is 1. The van der Waals surface area contributed by atoms with Gasteiger partial charge in [-0.25, -0.2) is 0 Å². The first-order valence-corrected chi connectivity index (χ1v) is 13.6. The van der Waals surface area contributed by atoms with Gasteiger partial charge in [0.15, 0.2) is 0 Å². The summed E-state index contributed by atoms with van der Waals surface area (Å²) in [5.41, 5.74) is 6.77. The number of aryl methyl sites for hydroxylation is 1. The van der Waals surface area contributed by atoms with Crippen molar-refractivity contribution in [1.82, 2.24) is 15.0 Å². The highest BCUT2D eigenvalue weighted by molar-refractivity contribution is 5.74. The monoisotopic (exact) mass is 541 g/mol. The van der Waals surface area contributed by atoms with Crippen LogP contribution in [0.4, 0.5) is 0 Å². The van der Waals surface area contributed by atoms with Crippen molar-refractivity contribution < 1.29 is 18.8 Å². The minimum Gasteiger partial charge on any atom is -0.459 e. The van der Waals surface area contributed by atoms with Gasteiger partial charge in [0.25, 0.3) is 5.89 Å². The molecule has 0 saturated heterocycles. The number of aromatic nitrogens is 2. The third kappa shape index (κ3) is 7.43. The van der Waals surface area contributed by atoms with Gasteiger partial charge in [0.05, 0.1) is 13.2 Å². The highest BCUT2D eigenvalue weighted by Gasteiger charge is 2.21. The number of rotatable bonds is 10. The molecule has 210 valence electrons. The first kappa shape index (κ1) is 29.2. The van der Waals surface area contributed by atoms with Gasteiger partial charge >= 0.3 is 5.97 Å². The van der Waals surface area contributed by atoms with Gasteiger partial charge in [-0.3, -0.25) is 9.69 Å². The molecule has 0 aliphatic heterocycles. The molecule has 1 aromatic heterocycles. The zero-order chi connectivity index (χ0) is 28.9. The Balaban J connectivity index is 1.55. The van der Waals surface area contributed by atoms with Crippen LogP contribution in [0.5, 0.6) is 0 Å². The molecule has 4 rings (SSSR count).